The molecule has 1 saturated heterocycles. The molecule has 1 fully saturated rings. The first-order chi connectivity index (χ1) is 17.8. The van der Waals surface area contributed by atoms with E-state index in [2.05, 4.69) is 27.4 Å². The molecule has 2 aliphatic rings. The molecule has 2 aromatic heterocycles. The summed E-state index contributed by atoms with van der Waals surface area (Å²) in [6, 6.07) is 9.51. The maximum atomic E-state index is 13.4. The zero-order chi connectivity index (χ0) is 26.1. The standard InChI is InChI=1S/C26H28FN7O3/c1-3-22(35)30-33-13-19(14-33)29-25(36)23-20-15-32(26(37)21-5-4-10-28-21)11-16(2)24(20)34(31-23)12-17-6-8-18(27)9-7-17/h3-10,16,19,28H,1,11-15H2,2H3,(H,29,36)(H,30,35). The van der Waals surface area contributed by atoms with Gasteiger partial charge in [-0.1, -0.05) is 25.6 Å². The van der Waals surface area contributed by atoms with E-state index in [9.17, 15) is 18.8 Å². The molecule has 192 valence electrons. The van der Waals surface area contributed by atoms with Gasteiger partial charge in [-0.15, -0.1) is 0 Å². The first kappa shape index (κ1) is 24.4. The minimum Gasteiger partial charge on any atom is -0.357 e. The molecule has 0 aliphatic carbocycles. The number of carbonyl (C=O) groups excluding carboxylic acids is 3. The van der Waals surface area contributed by atoms with Crippen molar-refractivity contribution in [2.24, 2.45) is 0 Å². The second-order valence-corrected chi connectivity index (χ2v) is 9.42. The van der Waals surface area contributed by atoms with E-state index in [0.717, 1.165) is 11.3 Å². The summed E-state index contributed by atoms with van der Waals surface area (Å²) in [5.41, 5.74) is 5.85. The lowest BCUT2D eigenvalue weighted by atomic mass is 9.95. The fourth-order valence-corrected chi connectivity index (χ4v) is 4.86. The number of fused-ring (bicyclic) bond motifs is 1. The van der Waals surface area contributed by atoms with Gasteiger partial charge in [-0.3, -0.25) is 24.5 Å². The largest absolute Gasteiger partial charge is 0.357 e. The molecule has 1 aromatic carbocycles. The summed E-state index contributed by atoms with van der Waals surface area (Å²) >= 11 is 0. The molecule has 3 amide bonds. The van der Waals surface area contributed by atoms with Crippen LogP contribution < -0.4 is 10.7 Å². The summed E-state index contributed by atoms with van der Waals surface area (Å²) in [6.07, 6.45) is 2.89. The Morgan fingerprint density at radius 2 is 1.95 bits per heavy atom. The first-order valence-corrected chi connectivity index (χ1v) is 12.1. The van der Waals surface area contributed by atoms with Crippen LogP contribution >= 0.6 is 0 Å². The zero-order valence-corrected chi connectivity index (χ0v) is 20.4. The molecule has 1 atom stereocenters. The van der Waals surface area contributed by atoms with Gasteiger partial charge >= 0.3 is 0 Å². The highest BCUT2D eigenvalue weighted by Crippen LogP contribution is 2.32. The van der Waals surface area contributed by atoms with E-state index < -0.39 is 0 Å². The maximum Gasteiger partial charge on any atom is 0.272 e. The number of benzene rings is 1. The average molecular weight is 506 g/mol. The van der Waals surface area contributed by atoms with Gasteiger partial charge in [0.1, 0.15) is 11.5 Å². The van der Waals surface area contributed by atoms with Gasteiger partial charge in [-0.25, -0.2) is 9.40 Å². The predicted octanol–water partition coefficient (Wildman–Crippen LogP) is 1.79. The van der Waals surface area contributed by atoms with Crippen LogP contribution in [0.3, 0.4) is 0 Å². The van der Waals surface area contributed by atoms with Gasteiger partial charge in [0, 0.05) is 43.0 Å². The van der Waals surface area contributed by atoms with Gasteiger partial charge < -0.3 is 15.2 Å². The van der Waals surface area contributed by atoms with Crippen LogP contribution in [0.5, 0.6) is 0 Å². The third-order valence-corrected chi connectivity index (χ3v) is 6.65. The Hall–Kier alpha value is -4.25. The average Bonchev–Trinajstić information content (AvgIpc) is 3.52. The zero-order valence-electron chi connectivity index (χ0n) is 20.4. The normalized spacial score (nSPS) is 17.6. The Morgan fingerprint density at radius 3 is 2.62 bits per heavy atom. The SMILES string of the molecule is C=CC(=O)NN1CC(NC(=O)c2nn(Cc3ccc(F)cc3)c3c2CN(C(=O)c2ccc[nH]2)CC3C)C1. The van der Waals surface area contributed by atoms with Gasteiger partial charge in [-0.2, -0.15) is 5.10 Å². The molecule has 3 N–H and O–H groups in total. The minimum atomic E-state index is -0.338. The Kier molecular flexibility index (Phi) is 6.62. The number of hydrazine groups is 1. The van der Waals surface area contributed by atoms with E-state index in [1.165, 1.54) is 18.2 Å². The highest BCUT2D eigenvalue weighted by atomic mass is 19.1. The molecule has 0 bridgehead atoms. The second-order valence-electron chi connectivity index (χ2n) is 9.42. The van der Waals surface area contributed by atoms with Crippen LogP contribution in [0.2, 0.25) is 0 Å². The highest BCUT2D eigenvalue weighted by molar-refractivity contribution is 5.96. The molecule has 1 unspecified atom stereocenters. The number of aromatic nitrogens is 3. The van der Waals surface area contributed by atoms with E-state index >= 15 is 0 Å². The van der Waals surface area contributed by atoms with Crippen LogP contribution in [0.25, 0.3) is 0 Å². The quantitative estimate of drug-likeness (QED) is 0.424. The van der Waals surface area contributed by atoms with Crippen molar-refractivity contribution in [3.8, 4) is 0 Å². The van der Waals surface area contributed by atoms with Gasteiger partial charge in [-0.05, 0) is 35.9 Å². The van der Waals surface area contributed by atoms with Gasteiger partial charge in [0.25, 0.3) is 17.7 Å². The number of H-pyrrole nitrogens is 1. The van der Waals surface area contributed by atoms with Gasteiger partial charge in [0.2, 0.25) is 0 Å². The number of aromatic amines is 1. The molecule has 4 heterocycles. The van der Waals surface area contributed by atoms with Crippen molar-refractivity contribution in [3.05, 3.63) is 89.3 Å². The van der Waals surface area contributed by atoms with Crippen LogP contribution in [0.1, 0.15) is 50.6 Å². The predicted molar refractivity (Wildman–Crippen MR) is 133 cm³/mol. The Balaban J connectivity index is 1.40. The lowest BCUT2D eigenvalue weighted by molar-refractivity contribution is -0.123. The molecule has 10 nitrogen and oxygen atoms in total. The van der Waals surface area contributed by atoms with Crippen molar-refractivity contribution < 1.29 is 18.8 Å². The third-order valence-electron chi connectivity index (χ3n) is 6.65. The number of nitrogens with one attached hydrogen (secondary N) is 3. The molecule has 11 heteroatoms. The Bertz CT molecular complexity index is 1330. The van der Waals surface area contributed by atoms with E-state index in [1.807, 2.05) is 6.92 Å². The van der Waals surface area contributed by atoms with E-state index in [4.69, 9.17) is 0 Å². The van der Waals surface area contributed by atoms with Crippen LogP contribution in [0, 0.1) is 5.82 Å². The lowest BCUT2D eigenvalue weighted by Gasteiger charge is -2.39. The molecule has 0 spiro atoms. The number of nitrogens with zero attached hydrogens (tertiary/aromatic N) is 4. The van der Waals surface area contributed by atoms with Crippen molar-refractivity contribution in [3.63, 3.8) is 0 Å². The maximum absolute atomic E-state index is 13.4. The number of halogens is 1. The van der Waals surface area contributed by atoms with Crippen molar-refractivity contribution >= 4 is 17.7 Å². The second kappa shape index (κ2) is 10.0. The Labute approximate surface area is 213 Å². The van der Waals surface area contributed by atoms with E-state index in [-0.39, 0.29) is 47.7 Å². The van der Waals surface area contributed by atoms with Crippen molar-refractivity contribution in [2.75, 3.05) is 19.6 Å². The summed E-state index contributed by atoms with van der Waals surface area (Å²) in [7, 11) is 0. The van der Waals surface area contributed by atoms with Crippen molar-refractivity contribution in [2.45, 2.75) is 32.0 Å². The fourth-order valence-electron chi connectivity index (χ4n) is 4.86. The molecular weight excluding hydrogens is 477 g/mol. The number of hydrogen-bond donors (Lipinski definition) is 3. The van der Waals surface area contributed by atoms with E-state index in [0.29, 0.717) is 37.4 Å². The molecule has 0 radical (unpaired) electrons. The van der Waals surface area contributed by atoms with Crippen molar-refractivity contribution in [1.29, 1.82) is 0 Å². The number of carbonyl (C=O) groups is 3. The van der Waals surface area contributed by atoms with Crippen LogP contribution in [-0.4, -0.2) is 68.1 Å². The summed E-state index contributed by atoms with van der Waals surface area (Å²) in [4.78, 5) is 42.6. The van der Waals surface area contributed by atoms with Crippen LogP contribution in [0.4, 0.5) is 4.39 Å². The molecule has 5 rings (SSSR count). The first-order valence-electron chi connectivity index (χ1n) is 12.1. The minimum absolute atomic E-state index is 0.0783. The summed E-state index contributed by atoms with van der Waals surface area (Å²) in [5.74, 6) is -1.19. The summed E-state index contributed by atoms with van der Waals surface area (Å²) in [6.45, 7) is 7.44. The van der Waals surface area contributed by atoms with Crippen LogP contribution in [0.15, 0.2) is 55.3 Å². The van der Waals surface area contributed by atoms with Crippen molar-refractivity contribution in [1.82, 2.24) is 35.4 Å². The monoisotopic (exact) mass is 505 g/mol. The van der Waals surface area contributed by atoms with Crippen LogP contribution in [-0.2, 0) is 17.9 Å². The molecule has 3 aromatic rings. The highest BCUT2D eigenvalue weighted by Gasteiger charge is 2.36. The third kappa shape index (κ3) is 5.03. The van der Waals surface area contributed by atoms with E-state index in [1.54, 1.807) is 45.1 Å². The fraction of sp³-hybridized carbons (Fsp3) is 0.308. The number of amides is 3. The summed E-state index contributed by atoms with van der Waals surface area (Å²) in [5, 5.41) is 9.35. The topological polar surface area (TPSA) is 115 Å². The molecule has 37 heavy (non-hydrogen) atoms. The Morgan fingerprint density at radius 1 is 1.19 bits per heavy atom. The summed E-state index contributed by atoms with van der Waals surface area (Å²) < 4.78 is 15.2. The number of rotatable bonds is 7. The molecule has 0 saturated carbocycles. The lowest BCUT2D eigenvalue weighted by Crippen LogP contribution is -2.64. The number of hydrogen-bond acceptors (Lipinski definition) is 5. The smallest absolute Gasteiger partial charge is 0.272 e. The van der Waals surface area contributed by atoms with Gasteiger partial charge in [0.15, 0.2) is 5.69 Å². The molecular formula is C26H28FN7O3. The molecule has 2 aliphatic heterocycles. The van der Waals surface area contributed by atoms with Gasteiger partial charge in [0.05, 0.1) is 19.1 Å².